The molecule has 120 valence electrons. The Morgan fingerprint density at radius 3 is 2.88 bits per heavy atom. The van der Waals surface area contributed by atoms with E-state index in [0.717, 1.165) is 15.2 Å². The summed E-state index contributed by atoms with van der Waals surface area (Å²) in [5, 5.41) is 1.29. The summed E-state index contributed by atoms with van der Waals surface area (Å²) in [6, 6.07) is 14.2. The molecule has 1 N–H and O–H groups in total. The van der Waals surface area contributed by atoms with Crippen molar-refractivity contribution in [3.05, 3.63) is 65.0 Å². The maximum absolute atomic E-state index is 13.8. The van der Waals surface area contributed by atoms with Crippen molar-refractivity contribution in [2.24, 2.45) is 0 Å². The lowest BCUT2D eigenvalue weighted by molar-refractivity contribution is 0.0780. The number of fused-ring (bicyclic) bond motifs is 2. The number of para-hydroxylation sites is 1. The number of hydrogen-bond donors (Lipinski definition) is 1. The van der Waals surface area contributed by atoms with Crippen molar-refractivity contribution in [1.29, 1.82) is 0 Å². The van der Waals surface area contributed by atoms with Crippen molar-refractivity contribution in [2.75, 3.05) is 7.05 Å². The minimum absolute atomic E-state index is 0.190. The molecule has 0 saturated heterocycles. The molecule has 0 aliphatic carbocycles. The Labute approximate surface area is 141 Å². The molecule has 0 bridgehead atoms. The quantitative estimate of drug-likeness (QED) is 0.608. The van der Waals surface area contributed by atoms with Crippen molar-refractivity contribution in [1.82, 2.24) is 14.9 Å². The van der Waals surface area contributed by atoms with E-state index in [1.165, 1.54) is 6.07 Å². The lowest BCUT2D eigenvalue weighted by Crippen LogP contribution is -2.26. The zero-order chi connectivity index (χ0) is 16.7. The number of rotatable bonds is 3. The Balaban J connectivity index is 1.59. The highest BCUT2D eigenvalue weighted by Crippen LogP contribution is 2.23. The highest BCUT2D eigenvalue weighted by Gasteiger charge is 2.17. The van der Waals surface area contributed by atoms with Crippen LogP contribution < -0.4 is 0 Å². The lowest BCUT2D eigenvalue weighted by atomic mass is 10.2. The van der Waals surface area contributed by atoms with Crippen molar-refractivity contribution in [2.45, 2.75) is 6.54 Å². The first-order valence-corrected chi connectivity index (χ1v) is 8.30. The van der Waals surface area contributed by atoms with Gasteiger partial charge in [-0.05, 0) is 30.3 Å². The molecular formula is C18H14FN3OS. The third-order valence-corrected chi connectivity index (χ3v) is 4.92. The van der Waals surface area contributed by atoms with Crippen molar-refractivity contribution in [3.63, 3.8) is 0 Å². The van der Waals surface area contributed by atoms with E-state index in [4.69, 9.17) is 0 Å². The van der Waals surface area contributed by atoms with E-state index in [1.54, 1.807) is 41.5 Å². The number of amides is 1. The lowest BCUT2D eigenvalue weighted by Gasteiger charge is -2.14. The van der Waals surface area contributed by atoms with Gasteiger partial charge >= 0.3 is 0 Å². The molecule has 0 unspecified atom stereocenters. The Kier molecular flexibility index (Phi) is 3.54. The Hall–Kier alpha value is -2.73. The van der Waals surface area contributed by atoms with Crippen LogP contribution in [0.25, 0.3) is 21.1 Å². The van der Waals surface area contributed by atoms with Gasteiger partial charge in [-0.2, -0.15) is 0 Å². The number of aromatic amines is 1. The zero-order valence-corrected chi connectivity index (χ0v) is 13.7. The summed E-state index contributed by atoms with van der Waals surface area (Å²) >= 11 is 1.57. The predicted molar refractivity (Wildman–Crippen MR) is 93.7 cm³/mol. The molecule has 0 aliphatic heterocycles. The number of H-pyrrole nitrogens is 1. The molecule has 2 aromatic carbocycles. The maximum Gasteiger partial charge on any atom is 0.270 e. The molecular weight excluding hydrogens is 325 g/mol. The van der Waals surface area contributed by atoms with Crippen LogP contribution in [0.15, 0.2) is 48.5 Å². The van der Waals surface area contributed by atoms with E-state index in [-0.39, 0.29) is 11.7 Å². The number of hydrogen-bond acceptors (Lipinski definition) is 3. The normalized spacial score (nSPS) is 11.2. The molecule has 4 nitrogen and oxygen atoms in total. The van der Waals surface area contributed by atoms with Gasteiger partial charge in [0.05, 0.1) is 16.8 Å². The monoisotopic (exact) mass is 339 g/mol. The Morgan fingerprint density at radius 1 is 1.25 bits per heavy atom. The Bertz CT molecular complexity index is 1020. The molecule has 0 radical (unpaired) electrons. The number of nitrogens with one attached hydrogen (secondary N) is 1. The first kappa shape index (κ1) is 14.8. The fraction of sp³-hybridized carbons (Fsp3) is 0.111. The fourth-order valence-corrected chi connectivity index (χ4v) is 3.72. The van der Waals surface area contributed by atoms with E-state index >= 15 is 0 Å². The number of nitrogens with zero attached hydrogens (tertiary/aromatic N) is 2. The largest absolute Gasteiger partial charge is 0.350 e. The Morgan fingerprint density at radius 2 is 2.08 bits per heavy atom. The van der Waals surface area contributed by atoms with E-state index in [1.807, 2.05) is 24.3 Å². The first-order chi connectivity index (χ1) is 11.6. The minimum Gasteiger partial charge on any atom is -0.350 e. The van der Waals surface area contributed by atoms with E-state index in [9.17, 15) is 9.18 Å². The zero-order valence-electron chi connectivity index (χ0n) is 12.9. The standard InChI is InChI=1S/C18H14FN3OS/c1-22(10-17-21-14-6-2-3-8-16(14)24-17)18(23)15-9-11-12(19)5-4-7-13(11)20-15/h2-9,20H,10H2,1H3. The summed E-state index contributed by atoms with van der Waals surface area (Å²) in [4.78, 5) is 21.7. The molecule has 4 rings (SSSR count). The van der Waals surface area contributed by atoms with Crippen molar-refractivity contribution < 1.29 is 9.18 Å². The predicted octanol–water partition coefficient (Wildman–Crippen LogP) is 4.19. The second kappa shape index (κ2) is 5.72. The summed E-state index contributed by atoms with van der Waals surface area (Å²) < 4.78 is 14.9. The summed E-state index contributed by atoms with van der Waals surface area (Å²) in [5.74, 6) is -0.526. The molecule has 1 amide bonds. The van der Waals surface area contributed by atoms with E-state index in [0.29, 0.717) is 23.1 Å². The number of benzene rings is 2. The van der Waals surface area contributed by atoms with E-state index < -0.39 is 0 Å². The second-order valence-electron chi connectivity index (χ2n) is 5.62. The van der Waals surface area contributed by atoms with Gasteiger partial charge in [-0.1, -0.05) is 18.2 Å². The molecule has 4 aromatic rings. The van der Waals surface area contributed by atoms with Crippen LogP contribution in [0.2, 0.25) is 0 Å². The van der Waals surface area contributed by atoms with Gasteiger partial charge < -0.3 is 9.88 Å². The molecule has 6 heteroatoms. The summed E-state index contributed by atoms with van der Waals surface area (Å²) in [5.41, 5.74) is 1.93. The van der Waals surface area contributed by atoms with Gasteiger partial charge in [0.15, 0.2) is 0 Å². The maximum atomic E-state index is 13.8. The third-order valence-electron chi connectivity index (χ3n) is 3.90. The number of thiazole rings is 1. The van der Waals surface area contributed by atoms with Crippen LogP contribution >= 0.6 is 11.3 Å². The van der Waals surface area contributed by atoms with Gasteiger partial charge in [-0.3, -0.25) is 4.79 Å². The molecule has 0 atom stereocenters. The summed E-state index contributed by atoms with van der Waals surface area (Å²) in [6.07, 6.45) is 0. The molecule has 0 saturated carbocycles. The second-order valence-corrected chi connectivity index (χ2v) is 6.74. The van der Waals surface area contributed by atoms with Crippen molar-refractivity contribution in [3.8, 4) is 0 Å². The van der Waals surface area contributed by atoms with Crippen LogP contribution in [0.1, 0.15) is 15.5 Å². The van der Waals surface area contributed by atoms with Gasteiger partial charge in [-0.15, -0.1) is 11.3 Å². The van der Waals surface area contributed by atoms with Gasteiger partial charge in [0.1, 0.15) is 16.5 Å². The number of carbonyl (C=O) groups excluding carboxylic acids is 1. The van der Waals surface area contributed by atoms with Crippen LogP contribution in [0.5, 0.6) is 0 Å². The van der Waals surface area contributed by atoms with Gasteiger partial charge in [0.25, 0.3) is 5.91 Å². The molecule has 24 heavy (non-hydrogen) atoms. The number of aromatic nitrogens is 2. The van der Waals surface area contributed by atoms with Crippen molar-refractivity contribution >= 4 is 38.4 Å². The third kappa shape index (κ3) is 2.55. The molecule has 2 aromatic heterocycles. The van der Waals surface area contributed by atoms with Crippen LogP contribution in [0, 0.1) is 5.82 Å². The van der Waals surface area contributed by atoms with Gasteiger partial charge in [0.2, 0.25) is 0 Å². The number of carbonyl (C=O) groups is 1. The average Bonchev–Trinajstić information content (AvgIpc) is 3.18. The van der Waals surface area contributed by atoms with E-state index in [2.05, 4.69) is 9.97 Å². The minimum atomic E-state index is -0.336. The highest BCUT2D eigenvalue weighted by molar-refractivity contribution is 7.18. The smallest absolute Gasteiger partial charge is 0.270 e. The number of halogens is 1. The highest BCUT2D eigenvalue weighted by atomic mass is 32.1. The molecule has 2 heterocycles. The first-order valence-electron chi connectivity index (χ1n) is 7.49. The topological polar surface area (TPSA) is 49.0 Å². The SMILES string of the molecule is CN(Cc1nc2ccccc2s1)C(=O)c1cc2c(F)cccc2[nH]1. The fourth-order valence-electron chi connectivity index (χ4n) is 2.70. The van der Waals surface area contributed by atoms with Gasteiger partial charge in [0, 0.05) is 18.0 Å². The van der Waals surface area contributed by atoms with Crippen LogP contribution in [-0.2, 0) is 6.54 Å². The van der Waals surface area contributed by atoms with Crippen LogP contribution in [-0.4, -0.2) is 27.8 Å². The molecule has 0 aliphatic rings. The average molecular weight is 339 g/mol. The van der Waals surface area contributed by atoms with Gasteiger partial charge in [-0.25, -0.2) is 9.37 Å². The van der Waals surface area contributed by atoms with Crippen LogP contribution in [0.3, 0.4) is 0 Å². The molecule has 0 fully saturated rings. The van der Waals surface area contributed by atoms with Crippen LogP contribution in [0.4, 0.5) is 4.39 Å². The summed E-state index contributed by atoms with van der Waals surface area (Å²) in [6.45, 7) is 0.413. The summed E-state index contributed by atoms with van der Waals surface area (Å²) in [7, 11) is 1.72. The molecule has 0 spiro atoms.